The van der Waals surface area contributed by atoms with Crippen molar-refractivity contribution in [2.45, 2.75) is 143 Å². The Labute approximate surface area is 179 Å². The molecule has 0 unspecified atom stereocenters. The molecule has 0 aliphatic heterocycles. The van der Waals surface area contributed by atoms with Crippen LogP contribution in [-0.4, -0.2) is 6.29 Å². The summed E-state index contributed by atoms with van der Waals surface area (Å²) in [4.78, 5) is 9.89. The van der Waals surface area contributed by atoms with E-state index in [4.69, 9.17) is 0 Å². The zero-order valence-electron chi connectivity index (χ0n) is 20.2. The molecule has 0 aromatic heterocycles. The molecule has 0 aromatic rings. The first kappa shape index (κ1) is 31.8. The molecular weight excluding hydrogens is 340 g/mol. The minimum Gasteiger partial charge on any atom is -0.303 e. The van der Waals surface area contributed by atoms with Crippen LogP contribution in [0.5, 0.6) is 0 Å². The van der Waals surface area contributed by atoms with Crippen molar-refractivity contribution in [3.05, 3.63) is 24.8 Å². The van der Waals surface area contributed by atoms with Gasteiger partial charge in [-0.05, 0) is 13.3 Å². The molecular formula is C27H54O. The van der Waals surface area contributed by atoms with Gasteiger partial charge in [0.15, 0.2) is 0 Å². The Bertz CT molecular complexity index is 283. The van der Waals surface area contributed by atoms with Crippen LogP contribution in [0.2, 0.25) is 0 Å². The van der Waals surface area contributed by atoms with Gasteiger partial charge in [-0.2, -0.15) is 0 Å². The summed E-state index contributed by atoms with van der Waals surface area (Å²) in [5.41, 5.74) is 1.02. The molecule has 0 atom stereocenters. The number of carbonyl (C=O) groups excluding carboxylic acids is 1. The monoisotopic (exact) mass is 394 g/mol. The van der Waals surface area contributed by atoms with E-state index in [-0.39, 0.29) is 0 Å². The van der Waals surface area contributed by atoms with E-state index in [0.29, 0.717) is 0 Å². The van der Waals surface area contributed by atoms with Crippen LogP contribution >= 0.6 is 0 Å². The van der Waals surface area contributed by atoms with Crippen LogP contribution in [0.25, 0.3) is 0 Å². The van der Waals surface area contributed by atoms with E-state index in [1.54, 1.807) is 6.08 Å². The lowest BCUT2D eigenvalue weighted by Crippen LogP contribution is -1.80. The van der Waals surface area contributed by atoms with Gasteiger partial charge >= 0.3 is 0 Å². The van der Waals surface area contributed by atoms with Gasteiger partial charge in [0.05, 0.1) is 0 Å². The summed E-state index contributed by atoms with van der Waals surface area (Å²) in [5, 5.41) is 0. The summed E-state index contributed by atoms with van der Waals surface area (Å²) in [5.74, 6) is 0. The molecule has 0 aliphatic carbocycles. The summed E-state index contributed by atoms with van der Waals surface area (Å²) in [6, 6.07) is 0. The maximum absolute atomic E-state index is 9.89. The molecule has 1 nitrogen and oxygen atoms in total. The van der Waals surface area contributed by atoms with Crippen LogP contribution in [0.15, 0.2) is 24.8 Å². The maximum atomic E-state index is 9.89. The second-order valence-electron chi connectivity index (χ2n) is 7.96. The molecule has 0 heterocycles. The van der Waals surface area contributed by atoms with Crippen molar-refractivity contribution in [3.8, 4) is 0 Å². The number of allylic oxidation sites excluding steroid dienone is 2. The number of hydrogen-bond acceptors (Lipinski definition) is 1. The molecule has 0 aliphatic rings. The molecule has 0 radical (unpaired) electrons. The van der Waals surface area contributed by atoms with Gasteiger partial charge in [0.1, 0.15) is 6.29 Å². The molecule has 0 N–H and O–H groups in total. The Morgan fingerprint density at radius 3 is 1.07 bits per heavy atom. The summed E-state index contributed by atoms with van der Waals surface area (Å²) < 4.78 is 0. The van der Waals surface area contributed by atoms with Crippen LogP contribution < -0.4 is 0 Å². The Morgan fingerprint density at radius 1 is 0.607 bits per heavy atom. The van der Waals surface area contributed by atoms with Gasteiger partial charge in [0.2, 0.25) is 0 Å². The third-order valence-electron chi connectivity index (χ3n) is 4.73. The fraction of sp³-hybridized carbons (Fsp3) is 0.815. The van der Waals surface area contributed by atoms with Gasteiger partial charge in [-0.3, -0.25) is 0 Å². The van der Waals surface area contributed by atoms with Crippen molar-refractivity contribution >= 4 is 6.29 Å². The van der Waals surface area contributed by atoms with Gasteiger partial charge in [-0.25, -0.2) is 0 Å². The summed E-state index contributed by atoms with van der Waals surface area (Å²) >= 11 is 0. The zero-order valence-corrected chi connectivity index (χ0v) is 20.2. The zero-order chi connectivity index (χ0) is 21.7. The normalized spacial score (nSPS) is 9.57. The summed E-state index contributed by atoms with van der Waals surface area (Å²) in [7, 11) is 0. The molecule has 0 bridgehead atoms. The quantitative estimate of drug-likeness (QED) is 0.128. The van der Waals surface area contributed by atoms with E-state index >= 15 is 0 Å². The van der Waals surface area contributed by atoms with Gasteiger partial charge in [-0.1, -0.05) is 148 Å². The Balaban J connectivity index is -0.000000368. The van der Waals surface area contributed by atoms with Crippen molar-refractivity contribution in [2.24, 2.45) is 0 Å². The van der Waals surface area contributed by atoms with Gasteiger partial charge in [-0.15, -0.1) is 0 Å². The third-order valence-corrected chi connectivity index (χ3v) is 4.73. The molecule has 1 heteroatoms. The predicted molar refractivity (Wildman–Crippen MR) is 131 cm³/mol. The highest BCUT2D eigenvalue weighted by atomic mass is 16.1. The Kier molecular flexibility index (Phi) is 38.3. The second-order valence-corrected chi connectivity index (χ2v) is 7.96. The van der Waals surface area contributed by atoms with Crippen molar-refractivity contribution in [1.29, 1.82) is 0 Å². The average Bonchev–Trinajstić information content (AvgIpc) is 2.70. The first-order valence-electron chi connectivity index (χ1n) is 12.3. The van der Waals surface area contributed by atoms with Crippen molar-refractivity contribution < 1.29 is 4.79 Å². The highest BCUT2D eigenvalue weighted by Crippen LogP contribution is 2.10. The lowest BCUT2D eigenvalue weighted by atomic mass is 10.1. The van der Waals surface area contributed by atoms with Crippen molar-refractivity contribution in [1.82, 2.24) is 0 Å². The van der Waals surface area contributed by atoms with E-state index in [9.17, 15) is 4.79 Å². The van der Waals surface area contributed by atoms with Crippen molar-refractivity contribution in [2.75, 3.05) is 0 Å². The molecule has 0 saturated heterocycles. The first-order valence-corrected chi connectivity index (χ1v) is 12.3. The third kappa shape index (κ3) is 44.5. The Hall–Kier alpha value is -0.850. The van der Waals surface area contributed by atoms with Gasteiger partial charge in [0, 0.05) is 6.42 Å². The van der Waals surface area contributed by atoms with Gasteiger partial charge in [0.25, 0.3) is 0 Å². The van der Waals surface area contributed by atoms with E-state index < -0.39 is 0 Å². The van der Waals surface area contributed by atoms with Crippen LogP contribution in [0.3, 0.4) is 0 Å². The summed E-state index contributed by atoms with van der Waals surface area (Å²) in [6.45, 7) is 15.7. The van der Waals surface area contributed by atoms with Crippen LogP contribution in [-0.2, 0) is 4.79 Å². The molecule has 0 spiro atoms. The molecule has 0 fully saturated rings. The summed E-state index contributed by atoms with van der Waals surface area (Å²) in [6.07, 6.45) is 27.0. The number of unbranched alkanes of at least 4 members (excludes halogenated alkanes) is 16. The highest BCUT2D eigenvalue weighted by Gasteiger charge is 1.91. The van der Waals surface area contributed by atoms with E-state index in [0.717, 1.165) is 24.7 Å². The lowest BCUT2D eigenvalue weighted by Gasteiger charge is -2.00. The van der Waals surface area contributed by atoms with Crippen LogP contribution in [0.1, 0.15) is 143 Å². The standard InChI is InChI=1S/C13H28.C9H18O.C5H8/c1-3-5-7-9-11-13-12-10-8-6-4-2;1-2-3-4-5-6-7-8-9-10;1-4-5(2)3/h3-13H2,1-2H3;9H,2-8H2,1H3;4H,1-2H2,3H3. The number of aldehydes is 1. The average molecular weight is 395 g/mol. The predicted octanol–water partition coefficient (Wildman–Crippen LogP) is 10.0. The number of rotatable bonds is 18. The van der Waals surface area contributed by atoms with Crippen LogP contribution in [0, 0.1) is 0 Å². The fourth-order valence-corrected chi connectivity index (χ4v) is 2.75. The first-order chi connectivity index (χ1) is 13.6. The van der Waals surface area contributed by atoms with Gasteiger partial charge < -0.3 is 4.79 Å². The smallest absolute Gasteiger partial charge is 0.119 e. The SMILES string of the molecule is C=CC(=C)C.CCCCCCCCC=O.CCCCCCCCCCCCC. The maximum Gasteiger partial charge on any atom is 0.119 e. The fourth-order valence-electron chi connectivity index (χ4n) is 2.75. The number of hydrogen-bond donors (Lipinski definition) is 0. The minimum atomic E-state index is 0.756. The molecule has 0 amide bonds. The molecule has 0 rings (SSSR count). The van der Waals surface area contributed by atoms with E-state index in [1.165, 1.54) is 103 Å². The lowest BCUT2D eigenvalue weighted by molar-refractivity contribution is -0.107. The minimum absolute atomic E-state index is 0.756. The van der Waals surface area contributed by atoms with Crippen molar-refractivity contribution in [3.63, 3.8) is 0 Å². The van der Waals surface area contributed by atoms with E-state index in [1.807, 2.05) is 6.92 Å². The Morgan fingerprint density at radius 2 is 0.857 bits per heavy atom. The topological polar surface area (TPSA) is 17.1 Å². The molecule has 168 valence electrons. The second kappa shape index (κ2) is 33.7. The largest absolute Gasteiger partial charge is 0.303 e. The van der Waals surface area contributed by atoms with E-state index in [2.05, 4.69) is 33.9 Å². The molecule has 0 aromatic carbocycles. The van der Waals surface area contributed by atoms with Crippen LogP contribution in [0.4, 0.5) is 0 Å². The molecule has 0 saturated carbocycles. The molecule has 28 heavy (non-hydrogen) atoms. The highest BCUT2D eigenvalue weighted by molar-refractivity contribution is 5.48. The number of carbonyl (C=O) groups is 1.